The smallest absolute Gasteiger partial charge is 0.271 e. The molecule has 5 nitrogen and oxygen atoms in total. The number of carbonyl (C=O) groups excluding carboxylic acids is 1. The fraction of sp³-hybridized carbons (Fsp3) is 0.556. The first-order chi connectivity index (χ1) is 11.8. The molecular weight excluding hydrogens is 320 g/mol. The van der Waals surface area contributed by atoms with Crippen LogP contribution in [-0.2, 0) is 0 Å². The normalized spacial score (nSPS) is 24.5. The molecule has 6 heteroatoms. The van der Waals surface area contributed by atoms with Gasteiger partial charge in [-0.05, 0) is 62.2 Å². The van der Waals surface area contributed by atoms with Crippen molar-refractivity contribution in [3.8, 4) is 10.6 Å². The van der Waals surface area contributed by atoms with Crippen LogP contribution in [0.3, 0.4) is 0 Å². The molecule has 2 saturated heterocycles. The number of rotatable bonds is 4. The largest absolute Gasteiger partial charge is 0.350 e. The Hall–Kier alpha value is -1.66. The van der Waals surface area contributed by atoms with Gasteiger partial charge in [-0.25, -0.2) is 0 Å². The number of nitrogens with one attached hydrogen (secondary N) is 2. The van der Waals surface area contributed by atoms with Crippen LogP contribution in [0.15, 0.2) is 23.6 Å². The second-order valence-corrected chi connectivity index (χ2v) is 7.80. The van der Waals surface area contributed by atoms with E-state index in [1.165, 1.54) is 45.2 Å². The van der Waals surface area contributed by atoms with Gasteiger partial charge in [-0.3, -0.25) is 9.89 Å². The van der Waals surface area contributed by atoms with E-state index in [4.69, 9.17) is 0 Å². The van der Waals surface area contributed by atoms with Gasteiger partial charge < -0.3 is 10.2 Å². The molecule has 2 aromatic heterocycles. The number of hydrogen-bond acceptors (Lipinski definition) is 4. The SMILES string of the molecule is O=C(NC[C@H]1CCCN2CCCC[C@H]12)c1cc(-c2cccs2)[nH]n1. The van der Waals surface area contributed by atoms with Crippen LogP contribution < -0.4 is 5.32 Å². The lowest BCUT2D eigenvalue weighted by atomic mass is 9.83. The minimum Gasteiger partial charge on any atom is -0.350 e. The molecule has 1 amide bonds. The zero-order chi connectivity index (χ0) is 16.4. The average molecular weight is 344 g/mol. The van der Waals surface area contributed by atoms with E-state index in [-0.39, 0.29) is 5.91 Å². The lowest BCUT2D eigenvalue weighted by Crippen LogP contribution is -2.51. The Labute approximate surface area is 146 Å². The van der Waals surface area contributed by atoms with E-state index in [0.717, 1.165) is 17.1 Å². The van der Waals surface area contributed by atoms with E-state index in [1.54, 1.807) is 11.3 Å². The second kappa shape index (κ2) is 7.07. The van der Waals surface area contributed by atoms with Crippen molar-refractivity contribution in [2.75, 3.05) is 19.6 Å². The molecule has 2 fully saturated rings. The molecule has 0 saturated carbocycles. The lowest BCUT2D eigenvalue weighted by Gasteiger charge is -2.44. The monoisotopic (exact) mass is 344 g/mol. The molecule has 4 heterocycles. The Morgan fingerprint density at radius 3 is 3.12 bits per heavy atom. The maximum Gasteiger partial charge on any atom is 0.271 e. The predicted molar refractivity (Wildman–Crippen MR) is 96.2 cm³/mol. The van der Waals surface area contributed by atoms with Crippen LogP contribution >= 0.6 is 11.3 Å². The molecule has 2 N–H and O–H groups in total. The molecule has 128 valence electrons. The highest BCUT2D eigenvalue weighted by Gasteiger charge is 2.33. The summed E-state index contributed by atoms with van der Waals surface area (Å²) in [4.78, 5) is 16.2. The van der Waals surface area contributed by atoms with E-state index >= 15 is 0 Å². The Balaban J connectivity index is 1.36. The molecule has 2 atom stereocenters. The highest BCUT2D eigenvalue weighted by atomic mass is 32.1. The number of piperidine rings is 2. The van der Waals surface area contributed by atoms with Crippen LogP contribution in [0.25, 0.3) is 10.6 Å². The van der Waals surface area contributed by atoms with Gasteiger partial charge in [0.05, 0.1) is 10.6 Å². The molecule has 0 aromatic carbocycles. The van der Waals surface area contributed by atoms with Gasteiger partial charge >= 0.3 is 0 Å². The fourth-order valence-corrected chi connectivity index (χ4v) is 4.82. The summed E-state index contributed by atoms with van der Waals surface area (Å²) in [6, 6.07) is 6.53. The van der Waals surface area contributed by atoms with Gasteiger partial charge in [-0.15, -0.1) is 11.3 Å². The number of aromatic nitrogens is 2. The summed E-state index contributed by atoms with van der Waals surface area (Å²) in [5, 5.41) is 12.3. The summed E-state index contributed by atoms with van der Waals surface area (Å²) in [6.07, 6.45) is 6.42. The Bertz CT molecular complexity index is 679. The maximum absolute atomic E-state index is 12.4. The van der Waals surface area contributed by atoms with E-state index < -0.39 is 0 Å². The Morgan fingerprint density at radius 2 is 2.25 bits per heavy atom. The highest BCUT2D eigenvalue weighted by molar-refractivity contribution is 7.13. The summed E-state index contributed by atoms with van der Waals surface area (Å²) in [5.74, 6) is 0.515. The van der Waals surface area contributed by atoms with Gasteiger partial charge in [0.25, 0.3) is 5.91 Å². The number of nitrogens with zero attached hydrogens (tertiary/aromatic N) is 2. The third-order valence-corrected chi connectivity index (χ3v) is 6.25. The number of amides is 1. The van der Waals surface area contributed by atoms with Crippen molar-refractivity contribution in [3.63, 3.8) is 0 Å². The molecule has 0 aliphatic carbocycles. The van der Waals surface area contributed by atoms with Crippen molar-refractivity contribution < 1.29 is 4.79 Å². The summed E-state index contributed by atoms with van der Waals surface area (Å²) in [7, 11) is 0. The number of thiophene rings is 1. The maximum atomic E-state index is 12.4. The predicted octanol–water partition coefficient (Wildman–Crippen LogP) is 3.13. The molecule has 24 heavy (non-hydrogen) atoms. The van der Waals surface area contributed by atoms with Crippen molar-refractivity contribution in [3.05, 3.63) is 29.3 Å². The van der Waals surface area contributed by atoms with Gasteiger partial charge in [0.1, 0.15) is 0 Å². The van der Waals surface area contributed by atoms with Gasteiger partial charge in [0.15, 0.2) is 5.69 Å². The third-order valence-electron chi connectivity index (χ3n) is 5.35. The van der Waals surface area contributed by atoms with Crippen LogP contribution in [0.1, 0.15) is 42.6 Å². The zero-order valence-corrected chi connectivity index (χ0v) is 14.6. The molecule has 2 aliphatic rings. The van der Waals surface area contributed by atoms with Gasteiger partial charge in [-0.2, -0.15) is 5.10 Å². The molecule has 0 radical (unpaired) electrons. The van der Waals surface area contributed by atoms with Gasteiger partial charge in [0, 0.05) is 12.6 Å². The van der Waals surface area contributed by atoms with Crippen LogP contribution in [0.2, 0.25) is 0 Å². The fourth-order valence-electron chi connectivity index (χ4n) is 4.13. The third kappa shape index (κ3) is 3.26. The van der Waals surface area contributed by atoms with E-state index in [1.807, 2.05) is 23.6 Å². The lowest BCUT2D eigenvalue weighted by molar-refractivity contribution is 0.0575. The standard InChI is InChI=1S/C18H24N4OS/c23-18(15-11-14(20-21-15)17-7-4-10-24-17)19-12-13-5-3-9-22-8-2-1-6-16(13)22/h4,7,10-11,13,16H,1-3,5-6,8-9,12H2,(H,19,23)(H,20,21)/t13-,16-/m1/s1. The minimum absolute atomic E-state index is 0.0676. The van der Waals surface area contributed by atoms with Crippen LogP contribution in [0.4, 0.5) is 0 Å². The first kappa shape index (κ1) is 15.8. The van der Waals surface area contributed by atoms with E-state index in [2.05, 4.69) is 20.4 Å². The minimum atomic E-state index is -0.0676. The van der Waals surface area contributed by atoms with Crippen molar-refractivity contribution >= 4 is 17.2 Å². The first-order valence-corrected chi connectivity index (χ1v) is 9.81. The Morgan fingerprint density at radius 1 is 1.33 bits per heavy atom. The Kier molecular flexibility index (Phi) is 4.67. The number of hydrogen-bond donors (Lipinski definition) is 2. The van der Waals surface area contributed by atoms with Gasteiger partial charge in [-0.1, -0.05) is 12.5 Å². The van der Waals surface area contributed by atoms with Crippen molar-refractivity contribution in [1.82, 2.24) is 20.4 Å². The molecular formula is C18H24N4OS. The quantitative estimate of drug-likeness (QED) is 0.896. The summed E-state index contributed by atoms with van der Waals surface area (Å²) in [5.41, 5.74) is 1.39. The zero-order valence-electron chi connectivity index (χ0n) is 13.8. The number of fused-ring (bicyclic) bond motifs is 1. The van der Waals surface area contributed by atoms with E-state index in [9.17, 15) is 4.79 Å². The van der Waals surface area contributed by atoms with E-state index in [0.29, 0.717) is 17.7 Å². The first-order valence-electron chi connectivity index (χ1n) is 8.93. The van der Waals surface area contributed by atoms with Gasteiger partial charge in [0.2, 0.25) is 0 Å². The number of H-pyrrole nitrogens is 1. The molecule has 0 spiro atoms. The number of aromatic amines is 1. The molecule has 2 aromatic rings. The summed E-state index contributed by atoms with van der Waals surface area (Å²) in [6.45, 7) is 3.23. The van der Waals surface area contributed by atoms with Crippen molar-refractivity contribution in [2.24, 2.45) is 5.92 Å². The van der Waals surface area contributed by atoms with Crippen LogP contribution in [0, 0.1) is 5.92 Å². The molecule has 0 unspecified atom stereocenters. The second-order valence-electron chi connectivity index (χ2n) is 6.86. The molecule has 4 rings (SSSR count). The highest BCUT2D eigenvalue weighted by Crippen LogP contribution is 2.30. The molecule has 2 aliphatic heterocycles. The molecule has 0 bridgehead atoms. The topological polar surface area (TPSA) is 61.0 Å². The van der Waals surface area contributed by atoms with Crippen molar-refractivity contribution in [2.45, 2.75) is 38.1 Å². The van der Waals surface area contributed by atoms with Crippen molar-refractivity contribution in [1.29, 1.82) is 0 Å². The number of carbonyl (C=O) groups is 1. The van der Waals surface area contributed by atoms with Crippen LogP contribution in [0.5, 0.6) is 0 Å². The average Bonchev–Trinajstić information content (AvgIpc) is 3.30. The summed E-state index contributed by atoms with van der Waals surface area (Å²) < 4.78 is 0. The van der Waals surface area contributed by atoms with Crippen LogP contribution in [-0.4, -0.2) is 46.7 Å². The summed E-state index contributed by atoms with van der Waals surface area (Å²) >= 11 is 1.64.